The van der Waals surface area contributed by atoms with Gasteiger partial charge < -0.3 is 0 Å². The SMILES string of the molecule is CCCn1c(Sc2ccc(C(C)=O)cc2Br)n[nH]c1=O. The molecule has 2 rings (SSSR count). The van der Waals surface area contributed by atoms with Crippen molar-refractivity contribution in [2.24, 2.45) is 0 Å². The van der Waals surface area contributed by atoms with Gasteiger partial charge in [-0.2, -0.15) is 0 Å². The van der Waals surface area contributed by atoms with Crippen LogP contribution in [0.3, 0.4) is 0 Å². The van der Waals surface area contributed by atoms with Crippen LogP contribution in [0.15, 0.2) is 37.5 Å². The maximum absolute atomic E-state index is 11.6. The molecule has 0 fully saturated rings. The molecule has 0 atom stereocenters. The molecular weight excluding hydrogens is 342 g/mol. The van der Waals surface area contributed by atoms with Crippen LogP contribution in [0.4, 0.5) is 0 Å². The van der Waals surface area contributed by atoms with E-state index in [-0.39, 0.29) is 11.5 Å². The minimum absolute atomic E-state index is 0.0184. The average Bonchev–Trinajstić information content (AvgIpc) is 2.74. The Hall–Kier alpha value is -1.34. The van der Waals surface area contributed by atoms with E-state index in [0.29, 0.717) is 17.3 Å². The number of halogens is 1. The molecule has 0 aliphatic carbocycles. The van der Waals surface area contributed by atoms with Crippen LogP contribution in [0.2, 0.25) is 0 Å². The Morgan fingerprint density at radius 1 is 1.50 bits per heavy atom. The highest BCUT2D eigenvalue weighted by molar-refractivity contribution is 9.10. The van der Waals surface area contributed by atoms with Gasteiger partial charge in [0.2, 0.25) is 0 Å². The number of H-pyrrole nitrogens is 1. The van der Waals surface area contributed by atoms with Gasteiger partial charge >= 0.3 is 5.69 Å². The molecule has 0 aliphatic rings. The lowest BCUT2D eigenvalue weighted by molar-refractivity contribution is 0.101. The summed E-state index contributed by atoms with van der Waals surface area (Å²) in [6.45, 7) is 4.16. The molecule has 0 unspecified atom stereocenters. The largest absolute Gasteiger partial charge is 0.343 e. The third-order valence-electron chi connectivity index (χ3n) is 2.71. The molecule has 0 aliphatic heterocycles. The first-order valence-electron chi connectivity index (χ1n) is 6.16. The van der Waals surface area contributed by atoms with Crippen LogP contribution in [0.1, 0.15) is 30.6 Å². The molecular formula is C13H14BrN3O2S. The smallest absolute Gasteiger partial charge is 0.295 e. The topological polar surface area (TPSA) is 67.8 Å². The lowest BCUT2D eigenvalue weighted by Gasteiger charge is -2.06. The fraction of sp³-hybridized carbons (Fsp3) is 0.308. The van der Waals surface area contributed by atoms with E-state index in [4.69, 9.17) is 0 Å². The molecule has 2 aromatic rings. The van der Waals surface area contributed by atoms with Crippen LogP contribution < -0.4 is 5.69 Å². The summed E-state index contributed by atoms with van der Waals surface area (Å²) in [5.41, 5.74) is 0.444. The highest BCUT2D eigenvalue weighted by Crippen LogP contribution is 2.32. The van der Waals surface area contributed by atoms with Crippen LogP contribution in [-0.2, 0) is 6.54 Å². The molecule has 0 spiro atoms. The third kappa shape index (κ3) is 3.21. The van der Waals surface area contributed by atoms with E-state index in [1.807, 2.05) is 13.0 Å². The summed E-state index contributed by atoms with van der Waals surface area (Å²) in [5.74, 6) is 0.0184. The second-order valence-corrected chi connectivity index (χ2v) is 6.13. The Bertz CT molecular complexity index is 693. The van der Waals surface area contributed by atoms with Crippen LogP contribution in [-0.4, -0.2) is 20.5 Å². The van der Waals surface area contributed by atoms with Crippen LogP contribution in [0.5, 0.6) is 0 Å². The number of rotatable bonds is 5. The summed E-state index contributed by atoms with van der Waals surface area (Å²) in [5, 5.41) is 7.11. The van der Waals surface area contributed by atoms with E-state index in [0.717, 1.165) is 15.8 Å². The Morgan fingerprint density at radius 3 is 2.85 bits per heavy atom. The van der Waals surface area contributed by atoms with Crippen LogP contribution in [0, 0.1) is 0 Å². The zero-order chi connectivity index (χ0) is 14.7. The van der Waals surface area contributed by atoms with E-state index in [1.165, 1.54) is 18.7 Å². The van der Waals surface area contributed by atoms with E-state index in [9.17, 15) is 9.59 Å². The number of hydrogen-bond donors (Lipinski definition) is 1. The summed E-state index contributed by atoms with van der Waals surface area (Å²) in [4.78, 5) is 23.9. The number of carbonyl (C=O) groups is 1. The zero-order valence-electron chi connectivity index (χ0n) is 11.1. The molecule has 7 heteroatoms. The molecule has 0 saturated carbocycles. The maximum atomic E-state index is 11.6. The lowest BCUT2D eigenvalue weighted by atomic mass is 10.2. The van der Waals surface area contributed by atoms with Crippen molar-refractivity contribution >= 4 is 33.5 Å². The van der Waals surface area contributed by atoms with Crippen molar-refractivity contribution in [1.29, 1.82) is 0 Å². The molecule has 5 nitrogen and oxygen atoms in total. The highest BCUT2D eigenvalue weighted by atomic mass is 79.9. The van der Waals surface area contributed by atoms with E-state index >= 15 is 0 Å². The number of aromatic nitrogens is 3. The first kappa shape index (κ1) is 15.1. The number of nitrogens with zero attached hydrogens (tertiary/aromatic N) is 2. The second kappa shape index (κ2) is 6.41. The van der Waals surface area contributed by atoms with Crippen LogP contribution >= 0.6 is 27.7 Å². The Balaban J connectivity index is 2.31. The van der Waals surface area contributed by atoms with Gasteiger partial charge in [0, 0.05) is 21.5 Å². The van der Waals surface area contributed by atoms with Crippen molar-refractivity contribution in [2.75, 3.05) is 0 Å². The average molecular weight is 356 g/mol. The van der Waals surface area contributed by atoms with Gasteiger partial charge in [-0.15, -0.1) is 5.10 Å². The number of nitrogens with one attached hydrogen (secondary N) is 1. The predicted octanol–water partition coefficient (Wildman–Crippen LogP) is 3.10. The number of carbonyl (C=O) groups excluding carboxylic acids is 1. The van der Waals surface area contributed by atoms with E-state index < -0.39 is 0 Å². The normalized spacial score (nSPS) is 10.8. The number of benzene rings is 1. The number of hydrogen-bond acceptors (Lipinski definition) is 4. The number of aromatic amines is 1. The Labute approximate surface area is 128 Å². The molecule has 0 radical (unpaired) electrons. The quantitative estimate of drug-likeness (QED) is 0.836. The summed E-state index contributed by atoms with van der Waals surface area (Å²) in [6.07, 6.45) is 0.859. The Kier molecular flexibility index (Phi) is 4.82. The maximum Gasteiger partial charge on any atom is 0.343 e. The van der Waals surface area contributed by atoms with Gasteiger partial charge in [0.1, 0.15) is 0 Å². The predicted molar refractivity (Wildman–Crippen MR) is 81.4 cm³/mol. The van der Waals surface area contributed by atoms with Gasteiger partial charge in [-0.05, 0) is 53.2 Å². The summed E-state index contributed by atoms with van der Waals surface area (Å²) < 4.78 is 2.42. The molecule has 106 valence electrons. The molecule has 1 heterocycles. The van der Waals surface area contributed by atoms with Gasteiger partial charge in [0.15, 0.2) is 10.9 Å². The van der Waals surface area contributed by atoms with E-state index in [1.54, 1.807) is 16.7 Å². The van der Waals surface area contributed by atoms with Gasteiger partial charge in [0.25, 0.3) is 0 Å². The lowest BCUT2D eigenvalue weighted by Crippen LogP contribution is -2.17. The molecule has 1 aromatic carbocycles. The number of Topliss-reactive ketones (excluding diaryl/α,β-unsaturated/α-hetero) is 1. The summed E-state index contributed by atoms with van der Waals surface area (Å²) in [6, 6.07) is 5.39. The van der Waals surface area contributed by atoms with Crippen molar-refractivity contribution in [3.63, 3.8) is 0 Å². The third-order valence-corrected chi connectivity index (χ3v) is 4.70. The number of ketones is 1. The van der Waals surface area contributed by atoms with E-state index in [2.05, 4.69) is 26.1 Å². The fourth-order valence-electron chi connectivity index (χ4n) is 1.70. The van der Waals surface area contributed by atoms with Crippen molar-refractivity contribution < 1.29 is 4.79 Å². The molecule has 1 aromatic heterocycles. The Morgan fingerprint density at radius 2 is 2.25 bits per heavy atom. The van der Waals surface area contributed by atoms with Crippen molar-refractivity contribution in [1.82, 2.24) is 14.8 Å². The first-order valence-corrected chi connectivity index (χ1v) is 7.77. The van der Waals surface area contributed by atoms with Crippen molar-refractivity contribution in [2.45, 2.75) is 36.9 Å². The van der Waals surface area contributed by atoms with Gasteiger partial charge in [-0.25, -0.2) is 9.89 Å². The standard InChI is InChI=1S/C13H14BrN3O2S/c1-3-6-17-12(19)15-16-13(17)20-11-5-4-9(8(2)18)7-10(11)14/h4-5,7H,3,6H2,1-2H3,(H,15,19). The molecule has 20 heavy (non-hydrogen) atoms. The minimum Gasteiger partial charge on any atom is -0.295 e. The molecule has 0 saturated heterocycles. The van der Waals surface area contributed by atoms with Crippen LogP contribution in [0.25, 0.3) is 0 Å². The van der Waals surface area contributed by atoms with Gasteiger partial charge in [-0.1, -0.05) is 13.0 Å². The van der Waals surface area contributed by atoms with Crippen molar-refractivity contribution in [3.05, 3.63) is 38.7 Å². The first-order chi connectivity index (χ1) is 9.52. The monoisotopic (exact) mass is 355 g/mol. The van der Waals surface area contributed by atoms with Gasteiger partial charge in [0.05, 0.1) is 0 Å². The zero-order valence-corrected chi connectivity index (χ0v) is 13.5. The minimum atomic E-state index is -0.203. The van der Waals surface area contributed by atoms with Gasteiger partial charge in [-0.3, -0.25) is 9.36 Å². The summed E-state index contributed by atoms with van der Waals surface area (Å²) in [7, 11) is 0. The molecule has 0 amide bonds. The molecule has 0 bridgehead atoms. The molecule has 1 N–H and O–H groups in total. The fourth-order valence-corrected chi connectivity index (χ4v) is 3.19. The second-order valence-electron chi connectivity index (χ2n) is 4.27. The summed E-state index contributed by atoms with van der Waals surface area (Å²) >= 11 is 4.83. The highest BCUT2D eigenvalue weighted by Gasteiger charge is 2.12. The van der Waals surface area contributed by atoms with Crippen molar-refractivity contribution in [3.8, 4) is 0 Å².